The monoisotopic (exact) mass is 403 g/mol. The molecule has 4 rings (SSSR count). The summed E-state index contributed by atoms with van der Waals surface area (Å²) in [5.74, 6) is 0.354. The van der Waals surface area contributed by atoms with Crippen LogP contribution in [0.3, 0.4) is 0 Å². The van der Waals surface area contributed by atoms with Crippen molar-refractivity contribution in [1.29, 1.82) is 0 Å². The van der Waals surface area contributed by atoms with Crippen molar-refractivity contribution in [2.45, 2.75) is 18.3 Å². The van der Waals surface area contributed by atoms with E-state index in [1.807, 2.05) is 24.3 Å². The Morgan fingerprint density at radius 2 is 2.07 bits per heavy atom. The van der Waals surface area contributed by atoms with Gasteiger partial charge in [0.05, 0.1) is 18.0 Å². The molecule has 0 spiro atoms. The fourth-order valence-electron chi connectivity index (χ4n) is 3.43. The number of methoxy groups -OCH3 is 1. The molecule has 1 aromatic carbocycles. The summed E-state index contributed by atoms with van der Waals surface area (Å²) in [4.78, 5) is 21.9. The average molecular weight is 403 g/mol. The van der Waals surface area contributed by atoms with E-state index >= 15 is 0 Å². The molecule has 2 aromatic rings. The number of para-hydroxylation sites is 1. The topological polar surface area (TPSA) is 105 Å². The van der Waals surface area contributed by atoms with Gasteiger partial charge in [0.1, 0.15) is 17.4 Å². The number of ether oxygens (including phenoxy) is 1. The lowest BCUT2D eigenvalue weighted by Crippen LogP contribution is -2.60. The Hall–Kier alpha value is -2.72. The van der Waals surface area contributed by atoms with Crippen LogP contribution in [0.15, 0.2) is 36.7 Å². The molecule has 9 nitrogen and oxygen atoms in total. The zero-order valence-corrected chi connectivity index (χ0v) is 16.2. The number of hydrogen-bond donors (Lipinski definition) is 1. The van der Waals surface area contributed by atoms with Crippen LogP contribution in [0.4, 0.5) is 16.3 Å². The summed E-state index contributed by atoms with van der Waals surface area (Å²) in [6, 6.07) is 8.77. The van der Waals surface area contributed by atoms with E-state index in [0.29, 0.717) is 31.1 Å². The van der Waals surface area contributed by atoms with Gasteiger partial charge in [-0.1, -0.05) is 18.2 Å². The van der Waals surface area contributed by atoms with Crippen molar-refractivity contribution in [1.82, 2.24) is 14.9 Å². The summed E-state index contributed by atoms with van der Waals surface area (Å²) in [5.41, 5.74) is 2.43. The Kier molecular flexibility index (Phi) is 4.90. The molecule has 1 N–H and O–H groups in total. The standard InChI is InChI=1S/C18H21N5O4S/c1-27-11-14-8-17(20-12-19-14)21-18(24)22-9-15(10-22)28(25,26)23-7-6-13-4-2-3-5-16(13)23/h2-5,8,12,15H,6-7,9-11H2,1H3,(H,19,20,21,24). The molecule has 10 heteroatoms. The van der Waals surface area contributed by atoms with E-state index in [1.54, 1.807) is 13.2 Å². The Bertz CT molecular complexity index is 991. The molecule has 2 aliphatic rings. The number of carbonyl (C=O) groups is 1. The Balaban J connectivity index is 1.38. The number of benzene rings is 1. The average Bonchev–Trinajstić information content (AvgIpc) is 3.05. The molecular formula is C18H21N5O4S. The van der Waals surface area contributed by atoms with Gasteiger partial charge in [0, 0.05) is 32.8 Å². The Labute approximate surface area is 163 Å². The quantitative estimate of drug-likeness (QED) is 0.805. The third-order valence-corrected chi connectivity index (χ3v) is 7.09. The van der Waals surface area contributed by atoms with Gasteiger partial charge in [-0.05, 0) is 18.1 Å². The molecule has 28 heavy (non-hydrogen) atoms. The van der Waals surface area contributed by atoms with Gasteiger partial charge in [0.15, 0.2) is 0 Å². The highest BCUT2D eigenvalue weighted by Crippen LogP contribution is 2.33. The number of rotatable bonds is 5. The van der Waals surface area contributed by atoms with Gasteiger partial charge in [0.25, 0.3) is 0 Å². The van der Waals surface area contributed by atoms with Gasteiger partial charge >= 0.3 is 6.03 Å². The fraction of sp³-hybridized carbons (Fsp3) is 0.389. The van der Waals surface area contributed by atoms with Gasteiger partial charge < -0.3 is 9.64 Å². The first-order chi connectivity index (χ1) is 13.5. The number of nitrogens with one attached hydrogen (secondary N) is 1. The highest BCUT2D eigenvalue weighted by atomic mass is 32.2. The van der Waals surface area contributed by atoms with Crippen LogP contribution >= 0.6 is 0 Å². The van der Waals surface area contributed by atoms with Gasteiger partial charge in [-0.25, -0.2) is 23.2 Å². The third kappa shape index (κ3) is 3.40. The first-order valence-corrected chi connectivity index (χ1v) is 10.4. The number of anilines is 2. The molecule has 0 saturated carbocycles. The van der Waals surface area contributed by atoms with Gasteiger partial charge in [-0.3, -0.25) is 9.62 Å². The van der Waals surface area contributed by atoms with E-state index in [-0.39, 0.29) is 19.1 Å². The predicted molar refractivity (Wildman–Crippen MR) is 104 cm³/mol. The summed E-state index contributed by atoms with van der Waals surface area (Å²) in [5, 5.41) is 2.07. The molecular weight excluding hydrogens is 382 g/mol. The summed E-state index contributed by atoms with van der Waals surface area (Å²) in [6.07, 6.45) is 2.06. The predicted octanol–water partition coefficient (Wildman–Crippen LogP) is 1.23. The molecule has 0 radical (unpaired) electrons. The molecule has 0 bridgehead atoms. The van der Waals surface area contributed by atoms with E-state index in [9.17, 15) is 13.2 Å². The number of carbonyl (C=O) groups excluding carboxylic acids is 1. The lowest BCUT2D eigenvalue weighted by Gasteiger charge is -2.40. The molecule has 1 aromatic heterocycles. The Morgan fingerprint density at radius 3 is 2.86 bits per heavy atom. The highest BCUT2D eigenvalue weighted by Gasteiger charge is 2.44. The number of fused-ring (bicyclic) bond motifs is 1. The molecule has 1 fully saturated rings. The van der Waals surface area contributed by atoms with Crippen LogP contribution < -0.4 is 9.62 Å². The zero-order valence-electron chi connectivity index (χ0n) is 15.4. The molecule has 0 unspecified atom stereocenters. The number of amides is 2. The van der Waals surface area contributed by atoms with Crippen LogP contribution in [0, 0.1) is 0 Å². The molecule has 1 saturated heterocycles. The second kappa shape index (κ2) is 7.36. The van der Waals surface area contributed by atoms with Crippen LogP contribution in [-0.4, -0.2) is 61.3 Å². The maximum Gasteiger partial charge on any atom is 0.323 e. The van der Waals surface area contributed by atoms with E-state index in [4.69, 9.17) is 4.74 Å². The van der Waals surface area contributed by atoms with Crippen molar-refractivity contribution in [3.05, 3.63) is 47.9 Å². The minimum atomic E-state index is -3.50. The van der Waals surface area contributed by atoms with E-state index in [1.165, 1.54) is 15.5 Å². The summed E-state index contributed by atoms with van der Waals surface area (Å²) >= 11 is 0. The number of urea groups is 1. The second-order valence-electron chi connectivity index (χ2n) is 6.78. The molecule has 0 aliphatic carbocycles. The smallest absolute Gasteiger partial charge is 0.323 e. The van der Waals surface area contributed by atoms with E-state index < -0.39 is 15.3 Å². The third-order valence-electron chi connectivity index (χ3n) is 4.96. The maximum absolute atomic E-state index is 13.0. The summed E-state index contributed by atoms with van der Waals surface area (Å²) in [6.45, 7) is 1.08. The largest absolute Gasteiger partial charge is 0.378 e. The fourth-order valence-corrected chi connectivity index (χ4v) is 5.32. The minimum absolute atomic E-state index is 0.156. The summed E-state index contributed by atoms with van der Waals surface area (Å²) in [7, 11) is -1.94. The van der Waals surface area contributed by atoms with E-state index in [2.05, 4.69) is 15.3 Å². The molecule has 148 valence electrons. The summed E-state index contributed by atoms with van der Waals surface area (Å²) < 4.78 is 32.4. The normalized spacial score (nSPS) is 16.6. The van der Waals surface area contributed by atoms with Gasteiger partial charge in [-0.2, -0.15) is 0 Å². The number of likely N-dealkylation sites (tertiary alicyclic amines) is 1. The lowest BCUT2D eigenvalue weighted by atomic mass is 10.2. The van der Waals surface area contributed by atoms with E-state index in [0.717, 1.165) is 11.3 Å². The highest BCUT2D eigenvalue weighted by molar-refractivity contribution is 7.93. The minimum Gasteiger partial charge on any atom is -0.378 e. The van der Waals surface area contributed by atoms with Crippen molar-refractivity contribution >= 4 is 27.6 Å². The molecule has 2 aliphatic heterocycles. The zero-order chi connectivity index (χ0) is 19.7. The van der Waals surface area contributed by atoms with Crippen LogP contribution in [0.1, 0.15) is 11.3 Å². The van der Waals surface area contributed by atoms with Crippen LogP contribution in [-0.2, 0) is 27.8 Å². The number of sulfonamides is 1. The van der Waals surface area contributed by atoms with Crippen molar-refractivity contribution in [3.8, 4) is 0 Å². The second-order valence-corrected chi connectivity index (χ2v) is 8.92. The number of aromatic nitrogens is 2. The first-order valence-electron chi connectivity index (χ1n) is 8.94. The molecule has 0 atom stereocenters. The van der Waals surface area contributed by atoms with Crippen molar-refractivity contribution in [2.24, 2.45) is 0 Å². The maximum atomic E-state index is 13.0. The van der Waals surface area contributed by atoms with Crippen molar-refractivity contribution < 1.29 is 17.9 Å². The number of nitrogens with zero attached hydrogens (tertiary/aromatic N) is 4. The molecule has 2 amide bonds. The van der Waals surface area contributed by atoms with Gasteiger partial charge in [-0.15, -0.1) is 0 Å². The Morgan fingerprint density at radius 1 is 1.29 bits per heavy atom. The SMILES string of the molecule is COCc1cc(NC(=O)N2CC(S(=O)(=O)N3CCc4ccccc43)C2)ncn1. The van der Waals surface area contributed by atoms with Crippen LogP contribution in [0.25, 0.3) is 0 Å². The van der Waals surface area contributed by atoms with Crippen LogP contribution in [0.2, 0.25) is 0 Å². The number of hydrogen-bond acceptors (Lipinski definition) is 6. The van der Waals surface area contributed by atoms with Gasteiger partial charge in [0.2, 0.25) is 10.0 Å². The molecule has 3 heterocycles. The lowest BCUT2D eigenvalue weighted by molar-refractivity contribution is 0.180. The van der Waals surface area contributed by atoms with Crippen molar-refractivity contribution in [3.63, 3.8) is 0 Å². The van der Waals surface area contributed by atoms with Crippen LogP contribution in [0.5, 0.6) is 0 Å². The van der Waals surface area contributed by atoms with Crippen molar-refractivity contribution in [2.75, 3.05) is 36.4 Å². The first kappa shape index (κ1) is 18.6.